The van der Waals surface area contributed by atoms with Crippen LogP contribution in [0.4, 0.5) is 5.69 Å². The molecule has 2 aromatic rings. The van der Waals surface area contributed by atoms with Gasteiger partial charge in [-0.05, 0) is 42.9 Å². The lowest BCUT2D eigenvalue weighted by molar-refractivity contribution is 0.0950. The number of anilines is 1. The van der Waals surface area contributed by atoms with Crippen LogP contribution in [0.5, 0.6) is 5.75 Å². The van der Waals surface area contributed by atoms with Gasteiger partial charge in [-0.3, -0.25) is 4.79 Å². The SMILES string of the molecule is COc1cccc(C(=O)NCc2ccc(N3CCN(C)CC3)cc2)c1. The molecule has 0 radical (unpaired) electrons. The molecule has 1 aliphatic heterocycles. The van der Waals surface area contributed by atoms with E-state index in [0.717, 1.165) is 31.7 Å². The summed E-state index contributed by atoms with van der Waals surface area (Å²) in [6.07, 6.45) is 0. The van der Waals surface area contributed by atoms with Crippen LogP contribution >= 0.6 is 0 Å². The Morgan fingerprint density at radius 3 is 2.48 bits per heavy atom. The van der Waals surface area contributed by atoms with Gasteiger partial charge in [0.1, 0.15) is 5.75 Å². The van der Waals surface area contributed by atoms with E-state index in [4.69, 9.17) is 4.74 Å². The summed E-state index contributed by atoms with van der Waals surface area (Å²) in [5.41, 5.74) is 2.94. The van der Waals surface area contributed by atoms with Gasteiger partial charge in [0, 0.05) is 44.0 Å². The highest BCUT2D eigenvalue weighted by atomic mass is 16.5. The quantitative estimate of drug-likeness (QED) is 0.908. The molecule has 1 amide bonds. The van der Waals surface area contributed by atoms with Gasteiger partial charge in [-0.2, -0.15) is 0 Å². The Kier molecular flexibility index (Phi) is 5.56. The maximum Gasteiger partial charge on any atom is 0.251 e. The summed E-state index contributed by atoms with van der Waals surface area (Å²) in [7, 11) is 3.75. The number of hydrogen-bond acceptors (Lipinski definition) is 4. The van der Waals surface area contributed by atoms with E-state index in [2.05, 4.69) is 46.4 Å². The molecule has 132 valence electrons. The molecule has 1 fully saturated rings. The van der Waals surface area contributed by atoms with Crippen molar-refractivity contribution < 1.29 is 9.53 Å². The Hall–Kier alpha value is -2.53. The van der Waals surface area contributed by atoms with Crippen molar-refractivity contribution in [2.24, 2.45) is 0 Å². The summed E-state index contributed by atoms with van der Waals surface area (Å²) in [4.78, 5) is 17.0. The van der Waals surface area contributed by atoms with Crippen molar-refractivity contribution in [3.8, 4) is 5.75 Å². The minimum atomic E-state index is -0.0953. The number of likely N-dealkylation sites (N-methyl/N-ethyl adjacent to an activating group) is 1. The Morgan fingerprint density at radius 2 is 1.80 bits per heavy atom. The summed E-state index contributed by atoms with van der Waals surface area (Å²) in [5, 5.41) is 2.96. The van der Waals surface area contributed by atoms with Crippen molar-refractivity contribution in [2.45, 2.75) is 6.54 Å². The van der Waals surface area contributed by atoms with Gasteiger partial charge in [-0.15, -0.1) is 0 Å². The summed E-state index contributed by atoms with van der Waals surface area (Å²) in [5.74, 6) is 0.589. The van der Waals surface area contributed by atoms with E-state index in [1.54, 1.807) is 19.2 Å². The van der Waals surface area contributed by atoms with Gasteiger partial charge < -0.3 is 19.9 Å². The number of rotatable bonds is 5. The van der Waals surface area contributed by atoms with Crippen LogP contribution in [0, 0.1) is 0 Å². The molecule has 25 heavy (non-hydrogen) atoms. The first-order chi connectivity index (χ1) is 12.2. The predicted molar refractivity (Wildman–Crippen MR) is 100 cm³/mol. The lowest BCUT2D eigenvalue weighted by Crippen LogP contribution is -2.44. The summed E-state index contributed by atoms with van der Waals surface area (Å²) in [6, 6.07) is 15.6. The second-order valence-electron chi connectivity index (χ2n) is 6.37. The number of nitrogens with zero attached hydrogens (tertiary/aromatic N) is 2. The smallest absolute Gasteiger partial charge is 0.251 e. The zero-order valence-corrected chi connectivity index (χ0v) is 14.9. The van der Waals surface area contributed by atoms with Crippen LogP contribution in [0.2, 0.25) is 0 Å². The second kappa shape index (κ2) is 8.03. The molecule has 0 aliphatic carbocycles. The van der Waals surface area contributed by atoms with E-state index in [1.807, 2.05) is 12.1 Å². The molecule has 5 heteroatoms. The highest BCUT2D eigenvalue weighted by Crippen LogP contribution is 2.17. The van der Waals surface area contributed by atoms with Gasteiger partial charge in [0.25, 0.3) is 5.91 Å². The molecule has 3 rings (SSSR count). The van der Waals surface area contributed by atoms with E-state index in [1.165, 1.54) is 5.69 Å². The Bertz CT molecular complexity index is 707. The first-order valence-corrected chi connectivity index (χ1v) is 8.60. The lowest BCUT2D eigenvalue weighted by atomic mass is 10.1. The third-order valence-electron chi connectivity index (χ3n) is 4.59. The van der Waals surface area contributed by atoms with Crippen LogP contribution in [0.15, 0.2) is 48.5 Å². The first-order valence-electron chi connectivity index (χ1n) is 8.60. The van der Waals surface area contributed by atoms with Gasteiger partial charge in [0.15, 0.2) is 0 Å². The van der Waals surface area contributed by atoms with Crippen molar-refractivity contribution in [2.75, 3.05) is 45.2 Å². The molecule has 1 aliphatic rings. The van der Waals surface area contributed by atoms with Gasteiger partial charge in [-0.25, -0.2) is 0 Å². The molecular formula is C20H25N3O2. The zero-order valence-electron chi connectivity index (χ0n) is 14.9. The van der Waals surface area contributed by atoms with E-state index < -0.39 is 0 Å². The van der Waals surface area contributed by atoms with Crippen LogP contribution in [-0.2, 0) is 6.54 Å². The Labute approximate surface area is 149 Å². The Balaban J connectivity index is 1.55. The molecule has 0 unspecified atom stereocenters. The highest BCUT2D eigenvalue weighted by Gasteiger charge is 2.14. The van der Waals surface area contributed by atoms with Gasteiger partial charge >= 0.3 is 0 Å². The molecule has 5 nitrogen and oxygen atoms in total. The van der Waals surface area contributed by atoms with Gasteiger partial charge in [-0.1, -0.05) is 18.2 Å². The summed E-state index contributed by atoms with van der Waals surface area (Å²) >= 11 is 0. The third kappa shape index (κ3) is 4.51. The standard InChI is InChI=1S/C20H25N3O2/c1-22-10-12-23(13-11-22)18-8-6-16(7-9-18)15-21-20(24)17-4-3-5-19(14-17)25-2/h3-9,14H,10-13,15H2,1-2H3,(H,21,24). The molecule has 0 bridgehead atoms. The average Bonchev–Trinajstić information content (AvgIpc) is 2.67. The fourth-order valence-corrected chi connectivity index (χ4v) is 2.94. The number of carbonyl (C=O) groups is 1. The van der Waals surface area contributed by atoms with Crippen molar-refractivity contribution >= 4 is 11.6 Å². The van der Waals surface area contributed by atoms with Crippen LogP contribution in [0.25, 0.3) is 0 Å². The monoisotopic (exact) mass is 339 g/mol. The number of ether oxygens (including phenoxy) is 1. The van der Waals surface area contributed by atoms with Gasteiger partial charge in [0.2, 0.25) is 0 Å². The number of amides is 1. The van der Waals surface area contributed by atoms with Crippen molar-refractivity contribution in [1.82, 2.24) is 10.2 Å². The van der Waals surface area contributed by atoms with Crippen molar-refractivity contribution in [3.63, 3.8) is 0 Å². The lowest BCUT2D eigenvalue weighted by Gasteiger charge is -2.34. The van der Waals surface area contributed by atoms with Crippen LogP contribution in [-0.4, -0.2) is 51.1 Å². The van der Waals surface area contributed by atoms with E-state index in [0.29, 0.717) is 17.9 Å². The largest absolute Gasteiger partial charge is 0.497 e. The van der Waals surface area contributed by atoms with Crippen LogP contribution < -0.4 is 15.0 Å². The molecule has 0 saturated carbocycles. The topological polar surface area (TPSA) is 44.8 Å². The molecule has 0 spiro atoms. The maximum atomic E-state index is 12.3. The molecule has 0 atom stereocenters. The second-order valence-corrected chi connectivity index (χ2v) is 6.37. The minimum Gasteiger partial charge on any atom is -0.497 e. The van der Waals surface area contributed by atoms with Crippen molar-refractivity contribution in [3.05, 3.63) is 59.7 Å². The maximum absolute atomic E-state index is 12.3. The molecule has 2 aromatic carbocycles. The number of piperazine rings is 1. The predicted octanol–water partition coefficient (Wildman–Crippen LogP) is 2.38. The summed E-state index contributed by atoms with van der Waals surface area (Å²) < 4.78 is 5.16. The number of methoxy groups -OCH3 is 1. The minimum absolute atomic E-state index is 0.0953. The highest BCUT2D eigenvalue weighted by molar-refractivity contribution is 5.94. The molecule has 0 aromatic heterocycles. The third-order valence-corrected chi connectivity index (χ3v) is 4.59. The van der Waals surface area contributed by atoms with Gasteiger partial charge in [0.05, 0.1) is 7.11 Å². The zero-order chi connectivity index (χ0) is 17.6. The number of benzene rings is 2. The number of carbonyl (C=O) groups excluding carboxylic acids is 1. The van der Waals surface area contributed by atoms with E-state index >= 15 is 0 Å². The molecule has 1 saturated heterocycles. The van der Waals surface area contributed by atoms with Crippen LogP contribution in [0.1, 0.15) is 15.9 Å². The average molecular weight is 339 g/mol. The van der Waals surface area contributed by atoms with Crippen LogP contribution in [0.3, 0.4) is 0 Å². The number of nitrogens with one attached hydrogen (secondary N) is 1. The van der Waals surface area contributed by atoms with Crippen molar-refractivity contribution in [1.29, 1.82) is 0 Å². The number of hydrogen-bond donors (Lipinski definition) is 1. The fourth-order valence-electron chi connectivity index (χ4n) is 2.94. The summed E-state index contributed by atoms with van der Waals surface area (Å²) in [6.45, 7) is 4.82. The fraction of sp³-hybridized carbons (Fsp3) is 0.350. The molecule has 1 N–H and O–H groups in total. The Morgan fingerprint density at radius 1 is 1.08 bits per heavy atom. The first kappa shape index (κ1) is 17.3. The molecule has 1 heterocycles. The van der Waals surface area contributed by atoms with E-state index in [-0.39, 0.29) is 5.91 Å². The molecular weight excluding hydrogens is 314 g/mol. The van der Waals surface area contributed by atoms with E-state index in [9.17, 15) is 4.79 Å². The normalized spacial score (nSPS) is 15.0.